The van der Waals surface area contributed by atoms with Crippen LogP contribution in [-0.2, 0) is 10.0 Å². The molecule has 3 N–H and O–H groups in total. The van der Waals surface area contributed by atoms with Gasteiger partial charge in [-0.3, -0.25) is 0 Å². The molecular formula is C6H12N2O2S. The third kappa shape index (κ3) is 2.27. The van der Waals surface area contributed by atoms with E-state index in [9.17, 15) is 8.42 Å². The summed E-state index contributed by atoms with van der Waals surface area (Å²) in [6, 6.07) is 0. The first-order valence-corrected chi connectivity index (χ1v) is 5.19. The summed E-state index contributed by atoms with van der Waals surface area (Å²) in [5, 5.41) is 11.8. The van der Waals surface area contributed by atoms with Gasteiger partial charge in [0.05, 0.1) is 5.25 Å². The van der Waals surface area contributed by atoms with Crippen molar-refractivity contribution in [1.29, 1.82) is 5.41 Å². The van der Waals surface area contributed by atoms with Gasteiger partial charge in [0.15, 0.2) is 0 Å². The summed E-state index contributed by atoms with van der Waals surface area (Å²) < 4.78 is 21.6. The van der Waals surface area contributed by atoms with Crippen molar-refractivity contribution in [1.82, 2.24) is 0 Å². The molecule has 0 radical (unpaired) electrons. The molecule has 0 unspecified atom stereocenters. The van der Waals surface area contributed by atoms with Crippen LogP contribution < -0.4 is 5.14 Å². The highest BCUT2D eigenvalue weighted by molar-refractivity contribution is 7.89. The van der Waals surface area contributed by atoms with E-state index in [2.05, 4.69) is 0 Å². The van der Waals surface area contributed by atoms with Crippen molar-refractivity contribution < 1.29 is 8.42 Å². The van der Waals surface area contributed by atoms with E-state index in [1.54, 1.807) is 0 Å². The van der Waals surface area contributed by atoms with E-state index in [0.29, 0.717) is 31.4 Å². The number of sulfonamides is 1. The van der Waals surface area contributed by atoms with Gasteiger partial charge in [-0.05, 0) is 25.7 Å². The van der Waals surface area contributed by atoms with Crippen LogP contribution in [0.2, 0.25) is 0 Å². The molecule has 1 saturated carbocycles. The van der Waals surface area contributed by atoms with Gasteiger partial charge in [-0.15, -0.1) is 0 Å². The van der Waals surface area contributed by atoms with E-state index in [-0.39, 0.29) is 0 Å². The molecule has 5 heteroatoms. The van der Waals surface area contributed by atoms with Crippen LogP contribution in [0.5, 0.6) is 0 Å². The van der Waals surface area contributed by atoms with Crippen molar-refractivity contribution in [3.63, 3.8) is 0 Å². The van der Waals surface area contributed by atoms with Gasteiger partial charge in [-0.2, -0.15) is 0 Å². The lowest BCUT2D eigenvalue weighted by molar-refractivity contribution is 0.557. The Morgan fingerprint density at radius 3 is 2.18 bits per heavy atom. The first-order chi connectivity index (χ1) is 5.00. The largest absolute Gasteiger partial charge is 0.310 e. The average Bonchev–Trinajstić information content (AvgIpc) is 1.86. The van der Waals surface area contributed by atoms with E-state index < -0.39 is 15.3 Å². The molecule has 1 rings (SSSR count). The van der Waals surface area contributed by atoms with Gasteiger partial charge in [0.2, 0.25) is 10.0 Å². The van der Waals surface area contributed by atoms with Crippen molar-refractivity contribution in [2.45, 2.75) is 30.9 Å². The molecule has 0 heterocycles. The highest BCUT2D eigenvalue weighted by atomic mass is 32.2. The second-order valence-corrected chi connectivity index (χ2v) is 4.74. The molecular weight excluding hydrogens is 164 g/mol. The molecule has 4 nitrogen and oxygen atoms in total. The minimum atomic E-state index is -3.35. The second-order valence-electron chi connectivity index (χ2n) is 2.89. The average molecular weight is 176 g/mol. The maximum atomic E-state index is 10.8. The first-order valence-electron chi connectivity index (χ1n) is 3.58. The van der Waals surface area contributed by atoms with Gasteiger partial charge in [-0.25, -0.2) is 13.6 Å². The first kappa shape index (κ1) is 8.67. The summed E-state index contributed by atoms with van der Waals surface area (Å²) >= 11 is 0. The van der Waals surface area contributed by atoms with Crippen LogP contribution in [0.1, 0.15) is 25.7 Å². The summed E-state index contributed by atoms with van der Waals surface area (Å²) in [6.07, 6.45) is 2.22. The molecule has 0 amide bonds. The third-order valence-electron chi connectivity index (χ3n) is 2.00. The zero-order chi connectivity index (χ0) is 8.48. The topological polar surface area (TPSA) is 84.0 Å². The Hall–Kier alpha value is -0.420. The van der Waals surface area contributed by atoms with Crippen LogP contribution in [0.3, 0.4) is 0 Å². The fourth-order valence-corrected chi connectivity index (χ4v) is 2.16. The Morgan fingerprint density at radius 1 is 1.36 bits per heavy atom. The number of hydrogen-bond acceptors (Lipinski definition) is 3. The zero-order valence-corrected chi connectivity index (χ0v) is 7.02. The smallest absolute Gasteiger partial charge is 0.211 e. The van der Waals surface area contributed by atoms with Crippen molar-refractivity contribution in [2.24, 2.45) is 5.14 Å². The molecule has 0 spiro atoms. The summed E-state index contributed by atoms with van der Waals surface area (Å²) in [5.41, 5.74) is 0.643. The van der Waals surface area contributed by atoms with Crippen LogP contribution in [0.15, 0.2) is 0 Å². The normalized spacial score (nSPS) is 27.0. The van der Waals surface area contributed by atoms with E-state index >= 15 is 0 Å². The standard InChI is InChI=1S/C6H12N2O2S/c7-5-1-3-6(4-2-5)11(8,9)10/h6-7H,1-4H2,(H2,8,9,10). The molecule has 64 valence electrons. The Labute approximate surface area is 66.3 Å². The molecule has 1 aliphatic carbocycles. The number of nitrogens with two attached hydrogens (primary N) is 1. The summed E-state index contributed by atoms with van der Waals surface area (Å²) in [4.78, 5) is 0. The van der Waals surface area contributed by atoms with Crippen LogP contribution in [0.4, 0.5) is 0 Å². The van der Waals surface area contributed by atoms with Gasteiger partial charge >= 0.3 is 0 Å². The van der Waals surface area contributed by atoms with Gasteiger partial charge in [-0.1, -0.05) is 0 Å². The number of rotatable bonds is 1. The minimum Gasteiger partial charge on any atom is -0.310 e. The van der Waals surface area contributed by atoms with Crippen molar-refractivity contribution in [2.75, 3.05) is 0 Å². The van der Waals surface area contributed by atoms with Crippen LogP contribution in [-0.4, -0.2) is 19.4 Å². The van der Waals surface area contributed by atoms with Gasteiger partial charge in [0, 0.05) is 5.71 Å². The highest BCUT2D eigenvalue weighted by Crippen LogP contribution is 2.19. The summed E-state index contributed by atoms with van der Waals surface area (Å²) in [7, 11) is -3.35. The molecule has 1 aliphatic rings. The predicted molar refractivity (Wildman–Crippen MR) is 43.1 cm³/mol. The van der Waals surface area contributed by atoms with E-state index in [4.69, 9.17) is 10.5 Å². The Bertz CT molecular complexity index is 248. The van der Waals surface area contributed by atoms with E-state index in [0.717, 1.165) is 0 Å². The fourth-order valence-electron chi connectivity index (χ4n) is 1.27. The predicted octanol–water partition coefficient (Wildman–Crippen LogP) is 0.237. The molecule has 0 aromatic heterocycles. The fraction of sp³-hybridized carbons (Fsp3) is 0.833. The quantitative estimate of drug-likeness (QED) is 0.599. The molecule has 1 fully saturated rings. The number of primary sulfonamides is 1. The summed E-state index contributed by atoms with van der Waals surface area (Å²) in [5.74, 6) is 0. The van der Waals surface area contributed by atoms with Gasteiger partial charge in [0.1, 0.15) is 0 Å². The van der Waals surface area contributed by atoms with E-state index in [1.807, 2.05) is 0 Å². The van der Waals surface area contributed by atoms with Crippen LogP contribution in [0.25, 0.3) is 0 Å². The number of hydrogen-bond donors (Lipinski definition) is 2. The number of nitrogens with one attached hydrogen (secondary N) is 1. The highest BCUT2D eigenvalue weighted by Gasteiger charge is 2.25. The van der Waals surface area contributed by atoms with Crippen molar-refractivity contribution in [3.8, 4) is 0 Å². The molecule has 0 bridgehead atoms. The van der Waals surface area contributed by atoms with Crippen molar-refractivity contribution in [3.05, 3.63) is 0 Å². The second kappa shape index (κ2) is 2.91. The molecule has 0 aromatic rings. The van der Waals surface area contributed by atoms with Crippen LogP contribution in [0, 0.1) is 5.41 Å². The maximum Gasteiger partial charge on any atom is 0.211 e. The van der Waals surface area contributed by atoms with E-state index in [1.165, 1.54) is 0 Å². The molecule has 0 atom stereocenters. The van der Waals surface area contributed by atoms with Gasteiger partial charge < -0.3 is 5.41 Å². The Kier molecular flexibility index (Phi) is 2.29. The molecule has 0 aliphatic heterocycles. The van der Waals surface area contributed by atoms with Crippen molar-refractivity contribution >= 4 is 15.7 Å². The molecule has 0 aromatic carbocycles. The molecule has 0 saturated heterocycles. The van der Waals surface area contributed by atoms with Crippen LogP contribution >= 0.6 is 0 Å². The lowest BCUT2D eigenvalue weighted by Crippen LogP contribution is -2.32. The van der Waals surface area contributed by atoms with Gasteiger partial charge in [0.25, 0.3) is 0 Å². The lowest BCUT2D eigenvalue weighted by atomic mass is 9.98. The Balaban J connectivity index is 2.60. The maximum absolute atomic E-state index is 10.8. The SMILES string of the molecule is N=C1CCC(S(N)(=O)=O)CC1. The third-order valence-corrected chi connectivity index (χ3v) is 3.40. The monoisotopic (exact) mass is 176 g/mol. The molecule has 11 heavy (non-hydrogen) atoms. The lowest BCUT2D eigenvalue weighted by Gasteiger charge is -2.19. The minimum absolute atomic E-state index is 0.406. The summed E-state index contributed by atoms with van der Waals surface area (Å²) in [6.45, 7) is 0. The Morgan fingerprint density at radius 2 is 1.82 bits per heavy atom. The zero-order valence-electron chi connectivity index (χ0n) is 6.21.